The fourth-order valence-electron chi connectivity index (χ4n) is 2.72. The summed E-state index contributed by atoms with van der Waals surface area (Å²) in [7, 11) is 0. The number of anilines is 1. The van der Waals surface area contributed by atoms with Crippen LogP contribution in [-0.4, -0.2) is 21.6 Å². The number of benzene rings is 1. The minimum Gasteiger partial charge on any atom is -0.490 e. The molecule has 116 valence electrons. The monoisotopic (exact) mass is 299 g/mol. The molecular weight excluding hydrogens is 278 g/mol. The summed E-state index contributed by atoms with van der Waals surface area (Å²) in [5.74, 6) is 0.825. The van der Waals surface area contributed by atoms with Crippen LogP contribution >= 0.6 is 0 Å². The maximum Gasteiger partial charge on any atom is 0.226 e. The summed E-state index contributed by atoms with van der Waals surface area (Å²) < 4.78 is 7.84. The van der Waals surface area contributed by atoms with Crippen molar-refractivity contribution in [3.63, 3.8) is 0 Å². The molecule has 22 heavy (non-hydrogen) atoms. The fourth-order valence-corrected chi connectivity index (χ4v) is 2.72. The van der Waals surface area contributed by atoms with Gasteiger partial charge in [0.1, 0.15) is 5.75 Å². The molecule has 1 aliphatic carbocycles. The summed E-state index contributed by atoms with van der Waals surface area (Å²) in [6.45, 7) is 0.629. The first-order chi connectivity index (χ1) is 10.8. The van der Waals surface area contributed by atoms with Crippen LogP contribution in [-0.2, 0) is 11.3 Å². The van der Waals surface area contributed by atoms with Crippen molar-refractivity contribution in [2.75, 3.05) is 5.32 Å². The molecule has 1 aromatic carbocycles. The summed E-state index contributed by atoms with van der Waals surface area (Å²) in [4.78, 5) is 15.9. The molecule has 5 heteroatoms. The first-order valence-corrected chi connectivity index (χ1v) is 7.82. The largest absolute Gasteiger partial charge is 0.490 e. The molecule has 0 unspecified atom stereocenters. The molecule has 3 rings (SSSR count). The zero-order chi connectivity index (χ0) is 15.2. The molecule has 1 N–H and O–H groups in total. The average molecular weight is 299 g/mol. The molecule has 0 saturated heterocycles. The SMILES string of the molecule is O=C(CCn1ccnc1)Nc1cccc(OC2CCCC2)c1. The van der Waals surface area contributed by atoms with E-state index in [2.05, 4.69) is 10.3 Å². The van der Waals surface area contributed by atoms with Gasteiger partial charge in [-0.25, -0.2) is 4.98 Å². The van der Waals surface area contributed by atoms with E-state index in [4.69, 9.17) is 4.74 Å². The second-order valence-corrected chi connectivity index (χ2v) is 5.65. The van der Waals surface area contributed by atoms with Gasteiger partial charge in [0.15, 0.2) is 0 Å². The van der Waals surface area contributed by atoms with Crippen molar-refractivity contribution in [2.45, 2.75) is 44.8 Å². The first-order valence-electron chi connectivity index (χ1n) is 7.82. The third-order valence-electron chi connectivity index (χ3n) is 3.88. The Labute approximate surface area is 130 Å². The lowest BCUT2D eigenvalue weighted by molar-refractivity contribution is -0.116. The van der Waals surface area contributed by atoms with Crippen molar-refractivity contribution in [3.8, 4) is 5.75 Å². The Balaban J connectivity index is 1.51. The zero-order valence-corrected chi connectivity index (χ0v) is 12.6. The van der Waals surface area contributed by atoms with Gasteiger partial charge >= 0.3 is 0 Å². The van der Waals surface area contributed by atoms with Crippen LogP contribution < -0.4 is 10.1 Å². The van der Waals surface area contributed by atoms with Crippen molar-refractivity contribution in [2.24, 2.45) is 0 Å². The van der Waals surface area contributed by atoms with E-state index in [0.29, 0.717) is 19.1 Å². The van der Waals surface area contributed by atoms with Crippen LogP contribution in [0.4, 0.5) is 5.69 Å². The number of rotatable bonds is 6. The molecule has 1 heterocycles. The lowest BCUT2D eigenvalue weighted by Crippen LogP contribution is -2.14. The Bertz CT molecular complexity index is 604. The molecule has 1 fully saturated rings. The van der Waals surface area contributed by atoms with Crippen LogP contribution in [0.3, 0.4) is 0 Å². The number of carbonyl (C=O) groups is 1. The second kappa shape index (κ2) is 7.11. The standard InChI is InChI=1S/C17H21N3O2/c21-17(8-10-20-11-9-18-13-20)19-14-4-3-7-16(12-14)22-15-5-1-2-6-15/h3-4,7,9,11-13,15H,1-2,5-6,8,10H2,(H,19,21). The van der Waals surface area contributed by atoms with Crippen molar-refractivity contribution in [1.82, 2.24) is 9.55 Å². The summed E-state index contributed by atoms with van der Waals surface area (Å²) in [5.41, 5.74) is 0.783. The Morgan fingerprint density at radius 1 is 1.36 bits per heavy atom. The minimum absolute atomic E-state index is 0.00767. The van der Waals surface area contributed by atoms with E-state index in [-0.39, 0.29) is 5.91 Å². The Morgan fingerprint density at radius 2 is 2.23 bits per heavy atom. The molecule has 1 amide bonds. The van der Waals surface area contributed by atoms with Gasteiger partial charge in [0.25, 0.3) is 0 Å². The van der Waals surface area contributed by atoms with Gasteiger partial charge in [-0.15, -0.1) is 0 Å². The molecule has 1 aromatic heterocycles. The summed E-state index contributed by atoms with van der Waals surface area (Å²) in [6, 6.07) is 7.64. The lowest BCUT2D eigenvalue weighted by Gasteiger charge is -2.14. The van der Waals surface area contributed by atoms with Gasteiger partial charge in [-0.2, -0.15) is 0 Å². The normalized spacial score (nSPS) is 14.9. The molecule has 0 spiro atoms. The van der Waals surface area contributed by atoms with Crippen LogP contribution in [0.2, 0.25) is 0 Å². The molecule has 0 aliphatic heterocycles. The van der Waals surface area contributed by atoms with Crippen molar-refractivity contribution in [3.05, 3.63) is 43.0 Å². The van der Waals surface area contributed by atoms with E-state index in [1.54, 1.807) is 12.5 Å². The quantitative estimate of drug-likeness (QED) is 0.891. The van der Waals surface area contributed by atoms with Crippen molar-refractivity contribution in [1.29, 1.82) is 0 Å². The molecule has 0 radical (unpaired) electrons. The minimum atomic E-state index is -0.00767. The average Bonchev–Trinajstić information content (AvgIpc) is 3.19. The number of carbonyl (C=O) groups excluding carboxylic acids is 1. The maximum absolute atomic E-state index is 12.0. The predicted octanol–water partition coefficient (Wildman–Crippen LogP) is 3.23. The Kier molecular flexibility index (Phi) is 4.73. The van der Waals surface area contributed by atoms with Gasteiger partial charge in [0, 0.05) is 37.1 Å². The molecule has 0 atom stereocenters. The molecule has 0 bridgehead atoms. The Hall–Kier alpha value is -2.30. The van der Waals surface area contributed by atoms with Crippen LogP contribution in [0.15, 0.2) is 43.0 Å². The highest BCUT2D eigenvalue weighted by molar-refractivity contribution is 5.90. The summed E-state index contributed by atoms with van der Waals surface area (Å²) >= 11 is 0. The van der Waals surface area contributed by atoms with E-state index in [1.807, 2.05) is 35.0 Å². The van der Waals surface area contributed by atoms with Gasteiger partial charge in [0.2, 0.25) is 5.91 Å². The molecule has 5 nitrogen and oxygen atoms in total. The van der Waals surface area contributed by atoms with E-state index < -0.39 is 0 Å². The number of amides is 1. The van der Waals surface area contributed by atoms with Crippen molar-refractivity contribution >= 4 is 11.6 Å². The molecule has 1 aliphatic rings. The number of aryl methyl sites for hydroxylation is 1. The molecule has 2 aromatic rings. The van der Waals surface area contributed by atoms with Gasteiger partial charge in [-0.3, -0.25) is 4.79 Å². The second-order valence-electron chi connectivity index (χ2n) is 5.65. The van der Waals surface area contributed by atoms with Gasteiger partial charge in [0.05, 0.1) is 12.4 Å². The molecular formula is C17H21N3O2. The van der Waals surface area contributed by atoms with Crippen LogP contribution in [0.5, 0.6) is 5.75 Å². The first kappa shape index (κ1) is 14.6. The highest BCUT2D eigenvalue weighted by Gasteiger charge is 2.16. The summed E-state index contributed by atoms with van der Waals surface area (Å²) in [5, 5.41) is 2.92. The molecule has 1 saturated carbocycles. The Morgan fingerprint density at radius 3 is 3.00 bits per heavy atom. The number of nitrogens with zero attached hydrogens (tertiary/aromatic N) is 2. The smallest absolute Gasteiger partial charge is 0.226 e. The number of imidazole rings is 1. The number of hydrogen-bond acceptors (Lipinski definition) is 3. The van der Waals surface area contributed by atoms with Gasteiger partial charge < -0.3 is 14.6 Å². The number of hydrogen-bond donors (Lipinski definition) is 1. The predicted molar refractivity (Wildman–Crippen MR) is 84.8 cm³/mol. The van der Waals surface area contributed by atoms with Crippen molar-refractivity contribution < 1.29 is 9.53 Å². The highest BCUT2D eigenvalue weighted by Crippen LogP contribution is 2.25. The maximum atomic E-state index is 12.0. The number of nitrogens with one attached hydrogen (secondary N) is 1. The fraction of sp³-hybridized carbons (Fsp3) is 0.412. The number of ether oxygens (including phenoxy) is 1. The van der Waals surface area contributed by atoms with Crippen LogP contribution in [0.25, 0.3) is 0 Å². The topological polar surface area (TPSA) is 56.2 Å². The van der Waals surface area contributed by atoms with E-state index in [9.17, 15) is 4.79 Å². The zero-order valence-electron chi connectivity index (χ0n) is 12.6. The van der Waals surface area contributed by atoms with Crippen LogP contribution in [0.1, 0.15) is 32.1 Å². The third kappa shape index (κ3) is 4.10. The lowest BCUT2D eigenvalue weighted by atomic mass is 10.2. The van der Waals surface area contributed by atoms with Gasteiger partial charge in [-0.05, 0) is 37.8 Å². The van der Waals surface area contributed by atoms with E-state index in [0.717, 1.165) is 24.3 Å². The number of aromatic nitrogens is 2. The van der Waals surface area contributed by atoms with Crippen LogP contribution in [0, 0.1) is 0 Å². The van der Waals surface area contributed by atoms with E-state index >= 15 is 0 Å². The third-order valence-corrected chi connectivity index (χ3v) is 3.88. The van der Waals surface area contributed by atoms with Gasteiger partial charge in [-0.1, -0.05) is 6.07 Å². The highest BCUT2D eigenvalue weighted by atomic mass is 16.5. The summed E-state index contributed by atoms with van der Waals surface area (Å²) in [6.07, 6.45) is 10.8. The van der Waals surface area contributed by atoms with E-state index in [1.165, 1.54) is 12.8 Å².